The number of carbonyl (C=O) groups excluding carboxylic acids is 2. The monoisotopic (exact) mass is 395 g/mol. The smallest absolute Gasteiger partial charge is 0.309 e. The van der Waals surface area contributed by atoms with E-state index < -0.39 is 21.8 Å². The molecule has 1 aliphatic heterocycles. The fraction of sp³-hybridized carbons (Fsp3) is 0.579. The number of nitrogens with zero attached hydrogens (tertiary/aromatic N) is 1. The van der Waals surface area contributed by atoms with Crippen LogP contribution in [0.5, 0.6) is 0 Å². The first-order chi connectivity index (χ1) is 12.8. The maximum Gasteiger partial charge on any atom is 0.309 e. The predicted molar refractivity (Wildman–Crippen MR) is 104 cm³/mol. The molecular formula is C19H29N3O4S. The Morgan fingerprint density at radius 2 is 1.70 bits per heavy atom. The quantitative estimate of drug-likeness (QED) is 0.683. The Labute approximate surface area is 161 Å². The van der Waals surface area contributed by atoms with Crippen LogP contribution in [0.4, 0.5) is 0 Å². The first kappa shape index (κ1) is 21.4. The summed E-state index contributed by atoms with van der Waals surface area (Å²) in [7, 11) is -3.43. The molecule has 1 fully saturated rings. The largest absolute Gasteiger partial charge is 0.348 e. The van der Waals surface area contributed by atoms with E-state index in [0.717, 1.165) is 31.2 Å². The van der Waals surface area contributed by atoms with Crippen molar-refractivity contribution < 1.29 is 18.0 Å². The number of carbonyl (C=O) groups is 2. The van der Waals surface area contributed by atoms with Gasteiger partial charge in [-0.3, -0.25) is 9.59 Å². The number of amides is 2. The maximum absolute atomic E-state index is 12.6. The molecule has 7 nitrogen and oxygen atoms in total. The highest BCUT2D eigenvalue weighted by Gasteiger charge is 2.25. The van der Waals surface area contributed by atoms with Crippen LogP contribution < -0.4 is 10.6 Å². The van der Waals surface area contributed by atoms with Crippen LogP contribution in [0, 0.1) is 0 Å². The molecule has 1 heterocycles. The second-order valence-electron chi connectivity index (χ2n) is 6.90. The van der Waals surface area contributed by atoms with Crippen molar-refractivity contribution in [1.29, 1.82) is 0 Å². The van der Waals surface area contributed by atoms with Gasteiger partial charge in [0.05, 0.1) is 4.90 Å². The summed E-state index contributed by atoms with van der Waals surface area (Å²) in [5.74, 6) is -1.29. The fourth-order valence-electron chi connectivity index (χ4n) is 2.87. The zero-order valence-corrected chi connectivity index (χ0v) is 16.8. The van der Waals surface area contributed by atoms with Gasteiger partial charge < -0.3 is 10.6 Å². The normalized spacial score (nSPS) is 16.5. The average molecular weight is 396 g/mol. The third-order valence-electron chi connectivity index (χ3n) is 4.77. The van der Waals surface area contributed by atoms with Gasteiger partial charge in [-0.15, -0.1) is 0 Å². The minimum Gasteiger partial charge on any atom is -0.348 e. The molecule has 27 heavy (non-hydrogen) atoms. The summed E-state index contributed by atoms with van der Waals surface area (Å²) in [6, 6.07) is 6.68. The highest BCUT2D eigenvalue weighted by atomic mass is 32.2. The molecule has 2 amide bonds. The van der Waals surface area contributed by atoms with Gasteiger partial charge in [0.2, 0.25) is 10.0 Å². The standard InChI is InChI=1S/C19H29N3O4S/c1-3-15(2)21-19(24)18(23)20-12-11-16-7-9-17(10-8-16)27(25,26)22-13-5-4-6-14-22/h7-10,15H,3-6,11-14H2,1-2H3,(H,20,23)(H,21,24)/t15-/m1/s1. The van der Waals surface area contributed by atoms with Gasteiger partial charge in [0.25, 0.3) is 0 Å². The third kappa shape index (κ3) is 6.04. The van der Waals surface area contributed by atoms with Gasteiger partial charge in [0.15, 0.2) is 0 Å². The Kier molecular flexibility index (Phi) is 7.79. The molecule has 0 bridgehead atoms. The van der Waals surface area contributed by atoms with Crippen LogP contribution in [0.3, 0.4) is 0 Å². The fourth-order valence-corrected chi connectivity index (χ4v) is 4.39. The van der Waals surface area contributed by atoms with E-state index in [1.165, 1.54) is 0 Å². The first-order valence-corrected chi connectivity index (χ1v) is 11.0. The van der Waals surface area contributed by atoms with Crippen LogP contribution >= 0.6 is 0 Å². The van der Waals surface area contributed by atoms with Crippen molar-refractivity contribution >= 4 is 21.8 Å². The van der Waals surface area contributed by atoms with E-state index in [2.05, 4.69) is 10.6 Å². The van der Waals surface area contributed by atoms with Crippen LogP contribution in [0.2, 0.25) is 0 Å². The van der Waals surface area contributed by atoms with Crippen LogP contribution in [-0.4, -0.2) is 50.2 Å². The van der Waals surface area contributed by atoms with Gasteiger partial charge in [-0.25, -0.2) is 8.42 Å². The summed E-state index contributed by atoms with van der Waals surface area (Å²) < 4.78 is 26.8. The molecule has 2 N–H and O–H groups in total. The molecule has 0 saturated carbocycles. The number of rotatable bonds is 7. The van der Waals surface area contributed by atoms with Crippen molar-refractivity contribution in [2.75, 3.05) is 19.6 Å². The summed E-state index contributed by atoms with van der Waals surface area (Å²) in [5, 5.41) is 5.19. The molecule has 1 aliphatic rings. The van der Waals surface area contributed by atoms with E-state index in [4.69, 9.17) is 0 Å². The minimum atomic E-state index is -3.43. The molecule has 1 saturated heterocycles. The van der Waals surface area contributed by atoms with E-state index in [9.17, 15) is 18.0 Å². The molecular weight excluding hydrogens is 366 g/mol. The number of benzene rings is 1. The Balaban J connectivity index is 1.85. The number of piperidine rings is 1. The first-order valence-electron chi connectivity index (χ1n) is 9.52. The molecule has 8 heteroatoms. The summed E-state index contributed by atoms with van der Waals surface area (Å²) in [6.45, 7) is 5.23. The lowest BCUT2D eigenvalue weighted by Crippen LogP contribution is -2.43. The Bertz CT molecular complexity index is 741. The molecule has 0 radical (unpaired) electrons. The van der Waals surface area contributed by atoms with Gasteiger partial charge in [0, 0.05) is 25.7 Å². The molecule has 150 valence electrons. The number of hydrogen-bond donors (Lipinski definition) is 2. The zero-order chi connectivity index (χ0) is 19.9. The highest BCUT2D eigenvalue weighted by molar-refractivity contribution is 7.89. The Morgan fingerprint density at radius 1 is 1.07 bits per heavy atom. The molecule has 2 rings (SSSR count). The van der Waals surface area contributed by atoms with E-state index in [-0.39, 0.29) is 6.04 Å². The maximum atomic E-state index is 12.6. The van der Waals surface area contributed by atoms with E-state index in [1.54, 1.807) is 28.6 Å². The summed E-state index contributed by atoms with van der Waals surface area (Å²) in [6.07, 6.45) is 4.16. The summed E-state index contributed by atoms with van der Waals surface area (Å²) in [4.78, 5) is 23.7. The minimum absolute atomic E-state index is 0.0438. The lowest BCUT2D eigenvalue weighted by molar-refractivity contribution is -0.139. The van der Waals surface area contributed by atoms with E-state index in [1.807, 2.05) is 13.8 Å². The zero-order valence-electron chi connectivity index (χ0n) is 16.0. The second-order valence-corrected chi connectivity index (χ2v) is 8.84. The van der Waals surface area contributed by atoms with Crippen LogP contribution in [0.15, 0.2) is 29.2 Å². The Hall–Kier alpha value is -1.93. The molecule has 0 aliphatic carbocycles. The second kappa shape index (κ2) is 9.85. The van der Waals surface area contributed by atoms with Gasteiger partial charge in [0.1, 0.15) is 0 Å². The van der Waals surface area contributed by atoms with Crippen molar-refractivity contribution in [2.24, 2.45) is 0 Å². The number of hydrogen-bond acceptors (Lipinski definition) is 4. The summed E-state index contributed by atoms with van der Waals surface area (Å²) >= 11 is 0. The van der Waals surface area contributed by atoms with Crippen LogP contribution in [-0.2, 0) is 26.0 Å². The molecule has 0 spiro atoms. The van der Waals surface area contributed by atoms with Crippen molar-refractivity contribution in [2.45, 2.75) is 56.9 Å². The van der Waals surface area contributed by atoms with E-state index >= 15 is 0 Å². The lowest BCUT2D eigenvalue weighted by Gasteiger charge is -2.25. The van der Waals surface area contributed by atoms with Crippen molar-refractivity contribution in [3.05, 3.63) is 29.8 Å². The number of nitrogens with one attached hydrogen (secondary N) is 2. The van der Waals surface area contributed by atoms with Gasteiger partial charge in [-0.1, -0.05) is 25.5 Å². The van der Waals surface area contributed by atoms with Gasteiger partial charge in [-0.05, 0) is 50.3 Å². The number of sulfonamides is 1. The van der Waals surface area contributed by atoms with Gasteiger partial charge >= 0.3 is 11.8 Å². The molecule has 1 aromatic carbocycles. The highest BCUT2D eigenvalue weighted by Crippen LogP contribution is 2.20. The molecule has 1 atom stereocenters. The van der Waals surface area contributed by atoms with Crippen molar-refractivity contribution in [1.82, 2.24) is 14.9 Å². The Morgan fingerprint density at radius 3 is 2.30 bits per heavy atom. The van der Waals surface area contributed by atoms with Crippen LogP contribution in [0.25, 0.3) is 0 Å². The lowest BCUT2D eigenvalue weighted by atomic mass is 10.1. The van der Waals surface area contributed by atoms with Crippen molar-refractivity contribution in [3.8, 4) is 0 Å². The SMILES string of the molecule is CC[C@@H](C)NC(=O)C(=O)NCCc1ccc(S(=O)(=O)N2CCCCC2)cc1. The average Bonchev–Trinajstić information content (AvgIpc) is 2.68. The van der Waals surface area contributed by atoms with E-state index in [0.29, 0.717) is 31.0 Å². The van der Waals surface area contributed by atoms with Gasteiger partial charge in [-0.2, -0.15) is 4.31 Å². The third-order valence-corrected chi connectivity index (χ3v) is 6.68. The predicted octanol–water partition coefficient (Wildman–Crippen LogP) is 1.43. The molecule has 1 aromatic rings. The molecule has 0 aromatic heterocycles. The van der Waals surface area contributed by atoms with Crippen molar-refractivity contribution in [3.63, 3.8) is 0 Å². The topological polar surface area (TPSA) is 95.6 Å². The van der Waals surface area contributed by atoms with Crippen LogP contribution in [0.1, 0.15) is 45.1 Å². The molecule has 0 unspecified atom stereocenters. The summed E-state index contributed by atoms with van der Waals surface area (Å²) in [5.41, 5.74) is 0.898.